The maximum absolute atomic E-state index is 14.4. The standard InChI is InChI=1S/C22H31FN4O2S/c1-2-16-7-9-17(10-8-16)29-21-20(25-11-13-26(30)14-12-25)15-24-27(22(21)28)19-6-4-3-5-18(19)23/h3-6,16-17,24,30H,2,7-15H2,1H3. The van der Waals surface area contributed by atoms with Crippen LogP contribution in [0.15, 0.2) is 35.7 Å². The van der Waals surface area contributed by atoms with Crippen molar-refractivity contribution in [1.29, 1.82) is 0 Å². The molecule has 0 atom stereocenters. The van der Waals surface area contributed by atoms with Gasteiger partial charge in [-0.2, -0.15) is 0 Å². The third-order valence-electron chi connectivity index (χ3n) is 6.45. The van der Waals surface area contributed by atoms with Gasteiger partial charge in [0.15, 0.2) is 0 Å². The van der Waals surface area contributed by atoms with Crippen molar-refractivity contribution < 1.29 is 13.9 Å². The van der Waals surface area contributed by atoms with Crippen LogP contribution >= 0.6 is 12.8 Å². The van der Waals surface area contributed by atoms with Crippen LogP contribution in [0.4, 0.5) is 10.1 Å². The zero-order chi connectivity index (χ0) is 21.1. The Kier molecular flexibility index (Phi) is 6.85. The molecule has 1 saturated carbocycles. The third-order valence-corrected chi connectivity index (χ3v) is 6.85. The Morgan fingerprint density at radius 2 is 1.83 bits per heavy atom. The molecule has 4 rings (SSSR count). The van der Waals surface area contributed by atoms with Crippen molar-refractivity contribution >= 4 is 24.4 Å². The summed E-state index contributed by atoms with van der Waals surface area (Å²) < 4.78 is 22.7. The number of piperazine rings is 1. The number of benzene rings is 1. The second-order valence-corrected chi connectivity index (χ2v) is 8.88. The van der Waals surface area contributed by atoms with Crippen molar-refractivity contribution in [2.24, 2.45) is 5.92 Å². The molecule has 1 aromatic rings. The van der Waals surface area contributed by atoms with Crippen molar-refractivity contribution in [1.82, 2.24) is 14.6 Å². The van der Waals surface area contributed by atoms with Gasteiger partial charge in [-0.1, -0.05) is 38.3 Å². The zero-order valence-electron chi connectivity index (χ0n) is 17.5. The van der Waals surface area contributed by atoms with Crippen molar-refractivity contribution in [3.63, 3.8) is 0 Å². The van der Waals surface area contributed by atoms with Gasteiger partial charge in [0.25, 0.3) is 0 Å². The molecule has 0 bridgehead atoms. The zero-order valence-corrected chi connectivity index (χ0v) is 18.4. The number of carbonyl (C=O) groups is 1. The lowest BCUT2D eigenvalue weighted by Crippen LogP contribution is -2.54. The summed E-state index contributed by atoms with van der Waals surface area (Å²) in [4.78, 5) is 15.6. The summed E-state index contributed by atoms with van der Waals surface area (Å²) in [6, 6.07) is 6.32. The molecule has 0 radical (unpaired) electrons. The summed E-state index contributed by atoms with van der Waals surface area (Å²) >= 11 is 4.43. The third kappa shape index (κ3) is 4.60. The fourth-order valence-electron chi connectivity index (χ4n) is 4.52. The summed E-state index contributed by atoms with van der Waals surface area (Å²) in [6.45, 7) is 5.84. The molecule has 6 nitrogen and oxygen atoms in total. The Labute approximate surface area is 183 Å². The highest BCUT2D eigenvalue weighted by Gasteiger charge is 2.36. The number of nitrogens with one attached hydrogen (secondary N) is 1. The van der Waals surface area contributed by atoms with Gasteiger partial charge < -0.3 is 9.64 Å². The Morgan fingerprint density at radius 3 is 2.50 bits per heavy atom. The molecule has 0 spiro atoms. The number of hydrazine groups is 1. The molecule has 164 valence electrons. The van der Waals surface area contributed by atoms with Crippen LogP contribution in [0.5, 0.6) is 0 Å². The van der Waals surface area contributed by atoms with Gasteiger partial charge in [-0.25, -0.2) is 19.1 Å². The van der Waals surface area contributed by atoms with Gasteiger partial charge in [0.1, 0.15) is 5.82 Å². The highest BCUT2D eigenvalue weighted by Crippen LogP contribution is 2.32. The number of para-hydroxylation sites is 1. The lowest BCUT2D eigenvalue weighted by atomic mass is 9.86. The first-order valence-corrected chi connectivity index (χ1v) is 11.4. The first kappa shape index (κ1) is 21.5. The average molecular weight is 435 g/mol. The van der Waals surface area contributed by atoms with Crippen LogP contribution in [0, 0.1) is 11.7 Å². The Balaban J connectivity index is 1.59. The molecule has 1 aromatic carbocycles. The lowest BCUT2D eigenvalue weighted by Gasteiger charge is -2.40. The summed E-state index contributed by atoms with van der Waals surface area (Å²) in [6.07, 6.45) is 5.41. The summed E-state index contributed by atoms with van der Waals surface area (Å²) in [5, 5.41) is 1.29. The first-order chi connectivity index (χ1) is 14.6. The predicted molar refractivity (Wildman–Crippen MR) is 118 cm³/mol. The van der Waals surface area contributed by atoms with E-state index in [2.05, 4.69) is 30.1 Å². The van der Waals surface area contributed by atoms with Gasteiger partial charge in [0.05, 0.1) is 24.0 Å². The van der Waals surface area contributed by atoms with E-state index in [1.807, 2.05) is 4.31 Å². The number of ether oxygens (including phenoxy) is 1. The van der Waals surface area contributed by atoms with Crippen molar-refractivity contribution in [2.75, 3.05) is 37.7 Å². The molecule has 1 amide bonds. The summed E-state index contributed by atoms with van der Waals surface area (Å²) in [7, 11) is 0. The highest BCUT2D eigenvalue weighted by molar-refractivity contribution is 7.77. The normalized spacial score (nSPS) is 26.3. The number of hydrogen-bond donors (Lipinski definition) is 2. The number of amides is 1. The van der Waals surface area contributed by atoms with E-state index in [-0.39, 0.29) is 17.7 Å². The molecule has 30 heavy (non-hydrogen) atoms. The minimum Gasteiger partial charge on any atom is -0.483 e. The smallest absolute Gasteiger partial charge is 0.309 e. The van der Waals surface area contributed by atoms with Crippen LogP contribution in [0.3, 0.4) is 0 Å². The van der Waals surface area contributed by atoms with Gasteiger partial charge in [-0.3, -0.25) is 4.79 Å². The van der Waals surface area contributed by atoms with Gasteiger partial charge in [0, 0.05) is 26.2 Å². The van der Waals surface area contributed by atoms with E-state index in [0.717, 1.165) is 63.5 Å². The van der Waals surface area contributed by atoms with Crippen LogP contribution in [0.2, 0.25) is 0 Å². The second-order valence-electron chi connectivity index (χ2n) is 8.31. The molecule has 2 aliphatic heterocycles. The second kappa shape index (κ2) is 9.58. The lowest BCUT2D eigenvalue weighted by molar-refractivity contribution is -0.121. The number of nitrogens with zero attached hydrogens (tertiary/aromatic N) is 3. The molecule has 0 unspecified atom stereocenters. The van der Waals surface area contributed by atoms with E-state index in [1.54, 1.807) is 18.2 Å². The van der Waals surface area contributed by atoms with Gasteiger partial charge in [0.2, 0.25) is 5.76 Å². The van der Waals surface area contributed by atoms with Crippen molar-refractivity contribution in [3.05, 3.63) is 41.5 Å². The largest absolute Gasteiger partial charge is 0.483 e. The fraction of sp³-hybridized carbons (Fsp3) is 0.591. The molecule has 2 fully saturated rings. The number of thiol groups is 1. The van der Waals surface area contributed by atoms with Crippen LogP contribution in [-0.2, 0) is 9.53 Å². The number of anilines is 1. The predicted octanol–water partition coefficient (Wildman–Crippen LogP) is 3.34. The maximum atomic E-state index is 14.4. The first-order valence-electron chi connectivity index (χ1n) is 11.0. The molecule has 0 aromatic heterocycles. The number of hydrogen-bond acceptors (Lipinski definition) is 6. The van der Waals surface area contributed by atoms with Gasteiger partial charge >= 0.3 is 5.91 Å². The number of halogens is 1. The highest BCUT2D eigenvalue weighted by atomic mass is 32.1. The van der Waals surface area contributed by atoms with E-state index in [9.17, 15) is 9.18 Å². The Bertz CT molecular complexity index is 789. The molecule has 1 N–H and O–H groups in total. The molecular weight excluding hydrogens is 403 g/mol. The topological polar surface area (TPSA) is 48.1 Å². The summed E-state index contributed by atoms with van der Waals surface area (Å²) in [5.74, 6) is 0.352. The molecule has 1 saturated heterocycles. The van der Waals surface area contributed by atoms with Crippen molar-refractivity contribution in [2.45, 2.75) is 45.1 Å². The molecule has 3 aliphatic rings. The van der Waals surface area contributed by atoms with Crippen LogP contribution in [0.1, 0.15) is 39.0 Å². The van der Waals surface area contributed by atoms with E-state index in [0.29, 0.717) is 12.3 Å². The molecule has 8 heteroatoms. The van der Waals surface area contributed by atoms with Gasteiger partial charge in [-0.15, -0.1) is 0 Å². The molecule has 1 aliphatic carbocycles. The van der Waals surface area contributed by atoms with Crippen LogP contribution in [0.25, 0.3) is 0 Å². The molecule has 2 heterocycles. The van der Waals surface area contributed by atoms with E-state index in [4.69, 9.17) is 4.74 Å². The van der Waals surface area contributed by atoms with Crippen LogP contribution in [-0.4, -0.2) is 53.9 Å². The van der Waals surface area contributed by atoms with E-state index < -0.39 is 5.82 Å². The van der Waals surface area contributed by atoms with E-state index in [1.165, 1.54) is 17.5 Å². The average Bonchev–Trinajstić information content (AvgIpc) is 2.77. The monoisotopic (exact) mass is 434 g/mol. The fourth-order valence-corrected chi connectivity index (χ4v) is 4.70. The SMILES string of the molecule is CCC1CCC(OC2=C(N3CCN(S)CC3)CNN(c3ccccc3F)C2=O)CC1. The minimum atomic E-state index is -0.437. The van der Waals surface area contributed by atoms with Crippen molar-refractivity contribution in [3.8, 4) is 0 Å². The maximum Gasteiger partial charge on any atom is 0.309 e. The summed E-state index contributed by atoms with van der Waals surface area (Å²) in [5.41, 5.74) is 4.19. The number of carbonyl (C=O) groups excluding carboxylic acids is 1. The van der Waals surface area contributed by atoms with Crippen LogP contribution < -0.4 is 10.4 Å². The quantitative estimate of drug-likeness (QED) is 0.696. The minimum absolute atomic E-state index is 0.0356. The van der Waals surface area contributed by atoms with E-state index >= 15 is 0 Å². The van der Waals surface area contributed by atoms with Gasteiger partial charge in [-0.05, 0) is 43.7 Å². The molecular formula is C22H31FN4O2S. The number of rotatable bonds is 5. The Morgan fingerprint density at radius 1 is 1.13 bits per heavy atom. The Hall–Kier alpha value is -1.77.